The standard InChI is InChI=1S/C19H28N4O3/c1-13(2)16-12-15(17-14(3)22-26-19(17)21-16)18(24)20-6-4-5-7-23-8-10-25-11-9-23/h12-13H,4-11H2,1-3H3,(H,20,24). The smallest absolute Gasteiger partial charge is 0.259 e. The Balaban J connectivity index is 1.57. The van der Waals surface area contributed by atoms with Crippen LogP contribution in [-0.2, 0) is 4.74 Å². The number of pyridine rings is 1. The molecule has 142 valence electrons. The first kappa shape index (κ1) is 18.8. The topological polar surface area (TPSA) is 80.5 Å². The van der Waals surface area contributed by atoms with Crippen LogP contribution < -0.4 is 5.32 Å². The molecular formula is C19H28N4O3. The number of fused-ring (bicyclic) bond motifs is 1. The third-order valence-electron chi connectivity index (χ3n) is 4.76. The van der Waals surface area contributed by atoms with Gasteiger partial charge in [-0.15, -0.1) is 0 Å². The van der Waals surface area contributed by atoms with Crippen LogP contribution in [0, 0.1) is 6.92 Å². The summed E-state index contributed by atoms with van der Waals surface area (Å²) < 4.78 is 10.6. The number of hydrogen-bond acceptors (Lipinski definition) is 6. The summed E-state index contributed by atoms with van der Waals surface area (Å²) in [5.41, 5.74) is 2.57. The minimum Gasteiger partial charge on any atom is -0.379 e. The van der Waals surface area contributed by atoms with Crippen LogP contribution >= 0.6 is 0 Å². The fourth-order valence-corrected chi connectivity index (χ4v) is 3.17. The molecule has 1 aliphatic heterocycles. The summed E-state index contributed by atoms with van der Waals surface area (Å²) in [7, 11) is 0. The van der Waals surface area contributed by atoms with Gasteiger partial charge in [0.25, 0.3) is 11.6 Å². The van der Waals surface area contributed by atoms with E-state index in [-0.39, 0.29) is 11.8 Å². The maximum absolute atomic E-state index is 12.7. The van der Waals surface area contributed by atoms with E-state index in [1.165, 1.54) is 0 Å². The minimum atomic E-state index is -0.0861. The molecule has 1 fully saturated rings. The van der Waals surface area contributed by atoms with Crippen LogP contribution in [0.1, 0.15) is 54.4 Å². The van der Waals surface area contributed by atoms with Gasteiger partial charge in [-0.2, -0.15) is 0 Å². The van der Waals surface area contributed by atoms with Crippen molar-refractivity contribution in [1.82, 2.24) is 20.4 Å². The molecule has 1 aliphatic rings. The Morgan fingerprint density at radius 2 is 2.08 bits per heavy atom. The number of carbonyl (C=O) groups excluding carboxylic acids is 1. The number of nitrogens with one attached hydrogen (secondary N) is 1. The van der Waals surface area contributed by atoms with Crippen molar-refractivity contribution in [3.63, 3.8) is 0 Å². The van der Waals surface area contributed by atoms with Crippen molar-refractivity contribution < 1.29 is 14.1 Å². The van der Waals surface area contributed by atoms with Gasteiger partial charge in [0, 0.05) is 25.3 Å². The van der Waals surface area contributed by atoms with Crippen molar-refractivity contribution in [3.05, 3.63) is 23.0 Å². The van der Waals surface area contributed by atoms with Gasteiger partial charge in [0.05, 0.1) is 29.9 Å². The summed E-state index contributed by atoms with van der Waals surface area (Å²) in [6, 6.07) is 1.86. The second-order valence-corrected chi connectivity index (χ2v) is 7.11. The highest BCUT2D eigenvalue weighted by Crippen LogP contribution is 2.25. The molecule has 3 rings (SSSR count). The number of unbranched alkanes of at least 4 members (excludes halogenated alkanes) is 1. The van der Waals surface area contributed by atoms with Gasteiger partial charge in [0.2, 0.25) is 0 Å². The van der Waals surface area contributed by atoms with E-state index in [9.17, 15) is 4.79 Å². The largest absolute Gasteiger partial charge is 0.379 e. The Kier molecular flexibility index (Phi) is 6.21. The molecule has 0 radical (unpaired) electrons. The molecule has 0 aromatic carbocycles. The number of hydrogen-bond donors (Lipinski definition) is 1. The molecule has 0 aliphatic carbocycles. The first-order valence-electron chi connectivity index (χ1n) is 9.41. The van der Waals surface area contributed by atoms with Crippen LogP contribution in [0.3, 0.4) is 0 Å². The van der Waals surface area contributed by atoms with Crippen molar-refractivity contribution in [2.75, 3.05) is 39.4 Å². The van der Waals surface area contributed by atoms with Gasteiger partial charge in [-0.3, -0.25) is 9.69 Å². The fraction of sp³-hybridized carbons (Fsp3) is 0.632. The second-order valence-electron chi connectivity index (χ2n) is 7.11. The molecule has 0 unspecified atom stereocenters. The van der Waals surface area contributed by atoms with E-state index in [2.05, 4.69) is 20.4 Å². The lowest BCUT2D eigenvalue weighted by Crippen LogP contribution is -2.37. The zero-order valence-electron chi connectivity index (χ0n) is 15.9. The fourth-order valence-electron chi connectivity index (χ4n) is 3.17. The first-order valence-corrected chi connectivity index (χ1v) is 9.41. The monoisotopic (exact) mass is 360 g/mol. The van der Waals surface area contributed by atoms with Gasteiger partial charge in [-0.25, -0.2) is 4.98 Å². The van der Waals surface area contributed by atoms with Crippen molar-refractivity contribution in [1.29, 1.82) is 0 Å². The highest BCUT2D eigenvalue weighted by Gasteiger charge is 2.19. The van der Waals surface area contributed by atoms with Crippen LogP contribution in [0.5, 0.6) is 0 Å². The Labute approximate surface area is 154 Å². The molecule has 3 heterocycles. The normalized spacial score (nSPS) is 15.7. The number of ether oxygens (including phenoxy) is 1. The lowest BCUT2D eigenvalue weighted by molar-refractivity contribution is 0.0372. The number of nitrogens with zero attached hydrogens (tertiary/aromatic N) is 3. The molecular weight excluding hydrogens is 332 g/mol. The predicted molar refractivity (Wildman–Crippen MR) is 99.5 cm³/mol. The van der Waals surface area contributed by atoms with E-state index >= 15 is 0 Å². The molecule has 1 saturated heterocycles. The van der Waals surface area contributed by atoms with Crippen molar-refractivity contribution in [2.24, 2.45) is 0 Å². The van der Waals surface area contributed by atoms with E-state index in [0.717, 1.165) is 51.4 Å². The van der Waals surface area contributed by atoms with Crippen LogP contribution in [0.15, 0.2) is 10.6 Å². The minimum absolute atomic E-state index is 0.0861. The Hall–Kier alpha value is -1.99. The number of amides is 1. The average molecular weight is 360 g/mol. The summed E-state index contributed by atoms with van der Waals surface area (Å²) in [4.78, 5) is 19.6. The number of aryl methyl sites for hydroxylation is 1. The number of rotatable bonds is 7. The molecule has 7 heteroatoms. The predicted octanol–water partition coefficient (Wildman–Crippen LogP) is 2.50. The Morgan fingerprint density at radius 3 is 2.81 bits per heavy atom. The summed E-state index contributed by atoms with van der Waals surface area (Å²) in [5.74, 6) is 0.127. The molecule has 0 saturated carbocycles. The zero-order valence-corrected chi connectivity index (χ0v) is 15.9. The van der Waals surface area contributed by atoms with E-state index < -0.39 is 0 Å². The molecule has 1 amide bonds. The number of aromatic nitrogens is 2. The van der Waals surface area contributed by atoms with Gasteiger partial charge >= 0.3 is 0 Å². The summed E-state index contributed by atoms with van der Waals surface area (Å²) >= 11 is 0. The SMILES string of the molecule is Cc1noc2nc(C(C)C)cc(C(=O)NCCCCN3CCOCC3)c12. The quantitative estimate of drug-likeness (QED) is 0.764. The van der Waals surface area contributed by atoms with Gasteiger partial charge in [-0.1, -0.05) is 19.0 Å². The van der Waals surface area contributed by atoms with Gasteiger partial charge < -0.3 is 14.6 Å². The Morgan fingerprint density at radius 1 is 1.31 bits per heavy atom. The van der Waals surface area contributed by atoms with E-state index in [1.54, 1.807) is 0 Å². The molecule has 2 aromatic heterocycles. The molecule has 2 aromatic rings. The van der Waals surface area contributed by atoms with Crippen LogP contribution in [-0.4, -0.2) is 60.3 Å². The van der Waals surface area contributed by atoms with Gasteiger partial charge in [-0.05, 0) is 38.3 Å². The summed E-state index contributed by atoms with van der Waals surface area (Å²) in [5, 5.41) is 7.71. The third-order valence-corrected chi connectivity index (χ3v) is 4.76. The number of carbonyl (C=O) groups is 1. The lowest BCUT2D eigenvalue weighted by atomic mass is 10.0. The van der Waals surface area contributed by atoms with E-state index in [1.807, 2.05) is 26.8 Å². The lowest BCUT2D eigenvalue weighted by Gasteiger charge is -2.26. The molecule has 0 atom stereocenters. The van der Waals surface area contributed by atoms with E-state index in [4.69, 9.17) is 9.26 Å². The zero-order chi connectivity index (χ0) is 18.5. The average Bonchev–Trinajstić information content (AvgIpc) is 3.02. The number of morpholine rings is 1. The molecule has 0 spiro atoms. The Bertz CT molecular complexity index is 751. The van der Waals surface area contributed by atoms with Crippen molar-refractivity contribution in [3.8, 4) is 0 Å². The molecule has 1 N–H and O–H groups in total. The van der Waals surface area contributed by atoms with Gasteiger partial charge in [0.15, 0.2) is 0 Å². The van der Waals surface area contributed by atoms with Crippen molar-refractivity contribution in [2.45, 2.75) is 39.5 Å². The maximum atomic E-state index is 12.7. The van der Waals surface area contributed by atoms with Gasteiger partial charge in [0.1, 0.15) is 0 Å². The molecule has 7 nitrogen and oxygen atoms in total. The maximum Gasteiger partial charge on any atom is 0.259 e. The van der Waals surface area contributed by atoms with Crippen LogP contribution in [0.4, 0.5) is 0 Å². The van der Waals surface area contributed by atoms with E-state index in [0.29, 0.717) is 28.9 Å². The highest BCUT2D eigenvalue weighted by atomic mass is 16.5. The van der Waals surface area contributed by atoms with Crippen molar-refractivity contribution >= 4 is 17.0 Å². The third kappa shape index (κ3) is 4.40. The van der Waals surface area contributed by atoms with Crippen LogP contribution in [0.2, 0.25) is 0 Å². The van der Waals surface area contributed by atoms with Crippen LogP contribution in [0.25, 0.3) is 11.1 Å². The summed E-state index contributed by atoms with van der Waals surface area (Å²) in [6.07, 6.45) is 2.02. The molecule has 0 bridgehead atoms. The second kappa shape index (κ2) is 8.60. The highest BCUT2D eigenvalue weighted by molar-refractivity contribution is 6.06. The molecule has 26 heavy (non-hydrogen) atoms. The first-order chi connectivity index (χ1) is 12.6. The summed E-state index contributed by atoms with van der Waals surface area (Å²) in [6.45, 7) is 11.3.